The van der Waals surface area contributed by atoms with Crippen LogP contribution in [0.4, 0.5) is 11.4 Å². The van der Waals surface area contributed by atoms with E-state index in [1.54, 1.807) is 13.0 Å². The van der Waals surface area contributed by atoms with Crippen LogP contribution in [-0.2, 0) is 20.2 Å². The van der Waals surface area contributed by atoms with Crippen LogP contribution in [0.15, 0.2) is 62.5 Å². The van der Waals surface area contributed by atoms with Crippen molar-refractivity contribution in [2.75, 3.05) is 0 Å². The molecule has 10 nitrogen and oxygen atoms in total. The quantitative estimate of drug-likeness (QED) is 0.203. The summed E-state index contributed by atoms with van der Waals surface area (Å²) in [5.41, 5.74) is 0.264. The second-order valence-corrected chi connectivity index (χ2v) is 8.74. The number of benzene rings is 3. The van der Waals surface area contributed by atoms with Crippen molar-refractivity contribution in [2.24, 2.45) is 10.2 Å². The minimum absolute atomic E-state index is 0. The molecular formula is C17H10N2Na2O8S2-2. The van der Waals surface area contributed by atoms with Crippen molar-refractivity contribution in [3.63, 3.8) is 0 Å². The minimum atomic E-state index is -5.31. The molecular weight excluding hydrogens is 470 g/mol. The molecule has 0 amide bonds. The smallest absolute Gasteiger partial charge is 0.871 e. The number of hydrogen-bond donors (Lipinski definition) is 0. The fourth-order valence-corrected chi connectivity index (χ4v) is 3.93. The van der Waals surface area contributed by atoms with Crippen LogP contribution in [0.1, 0.15) is 5.56 Å². The summed E-state index contributed by atoms with van der Waals surface area (Å²) in [5, 5.41) is 30.9. The normalized spacial score (nSPS) is 11.8. The van der Waals surface area contributed by atoms with Crippen molar-refractivity contribution < 1.29 is 95.3 Å². The first-order valence-electron chi connectivity index (χ1n) is 7.77. The molecule has 0 radical (unpaired) electrons. The van der Waals surface area contributed by atoms with Gasteiger partial charge < -0.3 is 19.3 Å². The molecule has 14 heteroatoms. The van der Waals surface area contributed by atoms with E-state index in [1.807, 2.05) is 0 Å². The van der Waals surface area contributed by atoms with E-state index in [4.69, 9.17) is 0 Å². The van der Waals surface area contributed by atoms with Crippen LogP contribution >= 0.6 is 0 Å². The van der Waals surface area contributed by atoms with E-state index in [9.17, 15) is 36.2 Å². The number of nitrogens with zero attached hydrogens (tertiary/aromatic N) is 2. The number of aryl methyl sites for hydroxylation is 1. The molecule has 0 spiro atoms. The van der Waals surface area contributed by atoms with Gasteiger partial charge in [-0.1, -0.05) is 29.7 Å². The number of rotatable bonds is 4. The first-order valence-corrected chi connectivity index (χ1v) is 10.6. The van der Waals surface area contributed by atoms with E-state index in [-0.39, 0.29) is 75.9 Å². The molecule has 3 aromatic rings. The molecule has 3 rings (SSSR count). The molecule has 3 aromatic carbocycles. The maximum absolute atomic E-state index is 12.7. The zero-order valence-corrected chi connectivity index (χ0v) is 22.2. The molecule has 0 atom stereocenters. The Bertz CT molecular complexity index is 1390. The van der Waals surface area contributed by atoms with E-state index >= 15 is 0 Å². The van der Waals surface area contributed by atoms with Gasteiger partial charge in [0.2, 0.25) is 0 Å². The zero-order valence-electron chi connectivity index (χ0n) is 16.5. The molecule has 0 bridgehead atoms. The van der Waals surface area contributed by atoms with Crippen LogP contribution in [0.5, 0.6) is 11.5 Å². The molecule has 0 aromatic heterocycles. The molecule has 0 N–H and O–H groups in total. The molecule has 0 aliphatic rings. The SMILES string of the molecule is Cc1ccc([O-])c(N=Nc2ccc3cc(S(=O)(=O)[O-])cc(S(=O)(=O)[O-])c3c2[O-])c1.[Na+].[Na+]. The van der Waals surface area contributed by atoms with E-state index in [2.05, 4.69) is 10.2 Å². The fourth-order valence-electron chi connectivity index (χ4n) is 2.59. The predicted molar refractivity (Wildman–Crippen MR) is 94.1 cm³/mol. The predicted octanol–water partition coefficient (Wildman–Crippen LogP) is -4.47. The average molecular weight is 480 g/mol. The Hall–Kier alpha value is -1.06. The summed E-state index contributed by atoms with van der Waals surface area (Å²) in [4.78, 5) is -2.13. The van der Waals surface area contributed by atoms with Crippen LogP contribution in [-0.4, -0.2) is 25.9 Å². The van der Waals surface area contributed by atoms with Crippen molar-refractivity contribution in [3.8, 4) is 11.5 Å². The minimum Gasteiger partial charge on any atom is -0.871 e. The number of hydrogen-bond acceptors (Lipinski definition) is 10. The third-order valence-electron chi connectivity index (χ3n) is 3.92. The van der Waals surface area contributed by atoms with Crippen LogP contribution in [0.2, 0.25) is 0 Å². The first-order chi connectivity index (χ1) is 13.4. The summed E-state index contributed by atoms with van der Waals surface area (Å²) >= 11 is 0. The van der Waals surface area contributed by atoms with Crippen molar-refractivity contribution >= 4 is 42.4 Å². The van der Waals surface area contributed by atoms with Crippen LogP contribution in [0.3, 0.4) is 0 Å². The Kier molecular flexibility index (Phi) is 9.25. The van der Waals surface area contributed by atoms with Crippen molar-refractivity contribution in [1.82, 2.24) is 0 Å². The van der Waals surface area contributed by atoms with Gasteiger partial charge in [0.05, 0.1) is 21.2 Å². The van der Waals surface area contributed by atoms with Crippen LogP contribution in [0, 0.1) is 6.92 Å². The molecule has 0 aliphatic carbocycles. The van der Waals surface area contributed by atoms with Gasteiger partial charge in [-0.2, -0.15) is 10.2 Å². The average Bonchev–Trinajstić information content (AvgIpc) is 2.61. The molecule has 0 saturated heterocycles. The Morgan fingerprint density at radius 3 is 1.97 bits per heavy atom. The van der Waals surface area contributed by atoms with E-state index in [0.29, 0.717) is 11.6 Å². The van der Waals surface area contributed by atoms with Gasteiger partial charge >= 0.3 is 59.1 Å². The maximum Gasteiger partial charge on any atom is 1.00 e. The maximum atomic E-state index is 12.7. The summed E-state index contributed by atoms with van der Waals surface area (Å²) in [6, 6.07) is 7.57. The number of azo groups is 1. The van der Waals surface area contributed by atoms with Crippen LogP contribution < -0.4 is 69.3 Å². The monoisotopic (exact) mass is 480 g/mol. The van der Waals surface area contributed by atoms with Gasteiger partial charge in [-0.3, -0.25) is 0 Å². The van der Waals surface area contributed by atoms with E-state index in [1.165, 1.54) is 12.1 Å². The van der Waals surface area contributed by atoms with Crippen LogP contribution in [0.25, 0.3) is 10.8 Å². The van der Waals surface area contributed by atoms with Gasteiger partial charge in [0.15, 0.2) is 0 Å². The fraction of sp³-hybridized carbons (Fsp3) is 0.0588. The summed E-state index contributed by atoms with van der Waals surface area (Å²) < 4.78 is 68.4. The Balaban J connectivity index is 0.00000240. The second-order valence-electron chi connectivity index (χ2n) is 6.01. The molecule has 0 heterocycles. The Morgan fingerprint density at radius 2 is 1.39 bits per heavy atom. The zero-order chi connectivity index (χ0) is 21.6. The van der Waals surface area contributed by atoms with Gasteiger partial charge in [0, 0.05) is 0 Å². The second kappa shape index (κ2) is 10.3. The topological polar surface area (TPSA) is 185 Å². The third kappa shape index (κ3) is 6.26. The molecule has 0 unspecified atom stereocenters. The van der Waals surface area contributed by atoms with Crippen molar-refractivity contribution in [3.05, 3.63) is 48.0 Å². The molecule has 0 aliphatic heterocycles. The molecule has 0 saturated carbocycles. The van der Waals surface area contributed by atoms with Gasteiger partial charge in [0.25, 0.3) is 0 Å². The summed E-state index contributed by atoms with van der Waals surface area (Å²) in [6.07, 6.45) is 0. The van der Waals surface area contributed by atoms with E-state index in [0.717, 1.165) is 18.2 Å². The van der Waals surface area contributed by atoms with E-state index < -0.39 is 46.9 Å². The third-order valence-corrected chi connectivity index (χ3v) is 5.60. The van der Waals surface area contributed by atoms with Gasteiger partial charge in [-0.05, 0) is 47.5 Å². The Morgan fingerprint density at radius 1 is 0.774 bits per heavy atom. The summed E-state index contributed by atoms with van der Waals surface area (Å²) in [6.45, 7) is 1.71. The Labute approximate surface area is 222 Å². The molecule has 31 heavy (non-hydrogen) atoms. The molecule has 152 valence electrons. The van der Waals surface area contributed by atoms with Gasteiger partial charge in [-0.25, -0.2) is 16.8 Å². The summed E-state index contributed by atoms with van der Waals surface area (Å²) in [5.74, 6) is -1.49. The van der Waals surface area contributed by atoms with Crippen molar-refractivity contribution in [2.45, 2.75) is 16.7 Å². The standard InChI is InChI=1S/C17H14N2O8S2.2Na/c1-9-2-5-14(20)13(6-9)19-18-12-4-3-10-7-11(28(22,23)24)8-15(29(25,26)27)16(10)17(12)21;;/h2-8,20-21H,1H3,(H,22,23,24)(H,25,26,27);;/q;2*+1/p-4. The number of fused-ring (bicyclic) bond motifs is 1. The van der Waals surface area contributed by atoms with Gasteiger partial charge in [0.1, 0.15) is 20.2 Å². The van der Waals surface area contributed by atoms with Gasteiger partial charge in [-0.15, -0.1) is 0 Å². The molecule has 0 fully saturated rings. The first kappa shape index (κ1) is 28.0. The largest absolute Gasteiger partial charge is 1.00 e. The van der Waals surface area contributed by atoms with Crippen molar-refractivity contribution in [1.29, 1.82) is 0 Å². The summed E-state index contributed by atoms with van der Waals surface area (Å²) in [7, 11) is -10.4.